The predicted octanol–water partition coefficient (Wildman–Crippen LogP) is 0.709. The SMILES string of the molecule is CC(NC(CC1C2(CO2)C(NC(C)C(=O)CC2=NCC=N2)CC2[C@]1(C)CC[C@@H](O)[C@@]2(C)CO)C1=C/C(=C\c2cnc(N)[nH]c2=O)OC1=O)C(=O)CC1=NCC=N1. The molecule has 1 aromatic heterocycles. The average molecular weight is 774 g/mol. The van der Waals surface area contributed by atoms with Gasteiger partial charge < -0.3 is 36.1 Å². The van der Waals surface area contributed by atoms with Gasteiger partial charge in [0.15, 0.2) is 17.5 Å². The number of amidine groups is 2. The van der Waals surface area contributed by atoms with Crippen molar-refractivity contribution in [3.63, 3.8) is 0 Å². The number of hydrogen-bond donors (Lipinski definition) is 6. The van der Waals surface area contributed by atoms with Crippen LogP contribution in [-0.2, 0) is 23.9 Å². The number of aromatic nitrogens is 2. The number of epoxide rings is 1. The van der Waals surface area contributed by atoms with Crippen molar-refractivity contribution in [2.24, 2.45) is 42.6 Å². The monoisotopic (exact) mass is 773 g/mol. The molecule has 300 valence electrons. The minimum atomic E-state index is -0.876. The van der Waals surface area contributed by atoms with E-state index in [4.69, 9.17) is 15.2 Å². The van der Waals surface area contributed by atoms with Gasteiger partial charge in [-0.15, -0.1) is 0 Å². The maximum absolute atomic E-state index is 13.8. The predicted molar refractivity (Wildman–Crippen MR) is 208 cm³/mol. The fourth-order valence-electron chi connectivity index (χ4n) is 9.70. The van der Waals surface area contributed by atoms with E-state index in [1.807, 2.05) is 13.8 Å². The topological polar surface area (TPSA) is 259 Å². The molecule has 0 amide bonds. The van der Waals surface area contributed by atoms with Gasteiger partial charge in [0.1, 0.15) is 23.0 Å². The number of ether oxygens (including phenoxy) is 2. The van der Waals surface area contributed by atoms with Crippen LogP contribution >= 0.6 is 0 Å². The number of carbonyl (C=O) groups is 3. The number of aliphatic hydroxyl groups excluding tert-OH is 2. The quantitative estimate of drug-likeness (QED) is 0.106. The number of nitrogens with two attached hydrogens (primary N) is 1. The average Bonchev–Trinajstić information content (AvgIpc) is 3.46. The van der Waals surface area contributed by atoms with Crippen LogP contribution < -0.4 is 21.9 Å². The lowest BCUT2D eigenvalue weighted by atomic mass is 9.43. The molecule has 0 radical (unpaired) electrons. The highest BCUT2D eigenvalue weighted by atomic mass is 16.6. The number of aromatic amines is 1. The van der Waals surface area contributed by atoms with Gasteiger partial charge in [-0.2, -0.15) is 0 Å². The first-order valence-corrected chi connectivity index (χ1v) is 19.3. The number of hydrogen-bond acceptors (Lipinski definition) is 16. The molecule has 7 rings (SSSR count). The van der Waals surface area contributed by atoms with Gasteiger partial charge >= 0.3 is 5.97 Å². The van der Waals surface area contributed by atoms with Crippen LogP contribution in [0.2, 0.25) is 0 Å². The van der Waals surface area contributed by atoms with Gasteiger partial charge in [-0.3, -0.25) is 29.4 Å². The number of carbonyl (C=O) groups excluding carboxylic acids is 3. The summed E-state index contributed by atoms with van der Waals surface area (Å²) in [5, 5.41) is 29.4. The Kier molecular flexibility index (Phi) is 10.9. The summed E-state index contributed by atoms with van der Waals surface area (Å²) in [5.41, 5.74) is 3.34. The molecule has 6 aliphatic rings. The van der Waals surface area contributed by atoms with Crippen molar-refractivity contribution in [3.05, 3.63) is 39.5 Å². The number of H-pyrrole nitrogens is 1. The molecule has 56 heavy (non-hydrogen) atoms. The highest BCUT2D eigenvalue weighted by Crippen LogP contribution is 2.66. The molecule has 3 fully saturated rings. The number of allylic oxidation sites excluding steroid dienone is 1. The van der Waals surface area contributed by atoms with Gasteiger partial charge in [-0.05, 0) is 68.9 Å². The first-order valence-electron chi connectivity index (χ1n) is 19.3. The Hall–Kier alpha value is -4.55. The number of nitrogen functional groups attached to an aromatic ring is 1. The van der Waals surface area contributed by atoms with Crippen molar-refractivity contribution >= 4 is 53.7 Å². The van der Waals surface area contributed by atoms with Crippen LogP contribution in [0.5, 0.6) is 0 Å². The zero-order chi connectivity index (χ0) is 40.0. The molecule has 7 N–H and O–H groups in total. The summed E-state index contributed by atoms with van der Waals surface area (Å²) in [6.07, 6.45) is 8.78. The Morgan fingerprint density at radius 3 is 2.34 bits per heavy atom. The summed E-state index contributed by atoms with van der Waals surface area (Å²) < 4.78 is 12.2. The van der Waals surface area contributed by atoms with E-state index in [0.717, 1.165) is 0 Å². The maximum Gasteiger partial charge on any atom is 0.341 e. The Morgan fingerprint density at radius 1 is 1.09 bits per heavy atom. The summed E-state index contributed by atoms with van der Waals surface area (Å²) in [4.78, 5) is 76.8. The number of rotatable bonds is 15. The molecule has 17 nitrogen and oxygen atoms in total. The molecular weight excluding hydrogens is 722 g/mol. The number of Topliss-reactive ketones (excluding diaryl/α,β-unsaturated/α-hetero) is 2. The first-order chi connectivity index (χ1) is 26.7. The van der Waals surface area contributed by atoms with Gasteiger partial charge in [0.25, 0.3) is 5.56 Å². The van der Waals surface area contributed by atoms with E-state index in [-0.39, 0.29) is 71.7 Å². The Morgan fingerprint density at radius 2 is 1.75 bits per heavy atom. The highest BCUT2D eigenvalue weighted by Gasteiger charge is 2.71. The second-order valence-corrected chi connectivity index (χ2v) is 16.4. The summed E-state index contributed by atoms with van der Waals surface area (Å²) >= 11 is 0. The lowest BCUT2D eigenvalue weighted by Gasteiger charge is -2.63. The Bertz CT molecular complexity index is 2020. The number of cyclic esters (lactones) is 1. The largest absolute Gasteiger partial charge is 0.423 e. The summed E-state index contributed by atoms with van der Waals surface area (Å²) in [5.74, 6) is -0.429. The fourth-order valence-corrected chi connectivity index (χ4v) is 9.70. The molecule has 0 bridgehead atoms. The van der Waals surface area contributed by atoms with Crippen LogP contribution in [-0.4, -0.2) is 124 Å². The van der Waals surface area contributed by atoms with Crippen molar-refractivity contribution in [3.8, 4) is 0 Å². The highest BCUT2D eigenvalue weighted by molar-refractivity contribution is 6.08. The number of esters is 1. The van der Waals surface area contributed by atoms with Crippen molar-refractivity contribution in [1.29, 1.82) is 0 Å². The lowest BCUT2D eigenvalue weighted by molar-refractivity contribution is -0.185. The molecule has 1 spiro atoms. The van der Waals surface area contributed by atoms with Crippen molar-refractivity contribution < 1.29 is 34.1 Å². The van der Waals surface area contributed by atoms with Crippen molar-refractivity contribution in [1.82, 2.24) is 20.6 Å². The molecular formula is C39H51N9O8. The number of nitrogens with zero attached hydrogens (tertiary/aromatic N) is 5. The summed E-state index contributed by atoms with van der Waals surface area (Å²) in [6.45, 7) is 8.63. The minimum Gasteiger partial charge on any atom is -0.423 e. The van der Waals surface area contributed by atoms with Crippen LogP contribution in [0.4, 0.5) is 5.95 Å². The van der Waals surface area contributed by atoms with E-state index in [9.17, 15) is 29.4 Å². The first kappa shape index (κ1) is 39.7. The van der Waals surface area contributed by atoms with E-state index in [0.29, 0.717) is 57.1 Å². The van der Waals surface area contributed by atoms with Gasteiger partial charge in [-0.25, -0.2) is 19.8 Å². The molecule has 17 heteroatoms. The van der Waals surface area contributed by atoms with E-state index in [1.165, 1.54) is 12.3 Å². The molecule has 1 aromatic rings. The zero-order valence-corrected chi connectivity index (χ0v) is 32.2. The van der Waals surface area contributed by atoms with E-state index in [2.05, 4.69) is 47.5 Å². The summed E-state index contributed by atoms with van der Waals surface area (Å²) in [6, 6.07) is -2.44. The molecule has 7 unspecified atom stereocenters. The Labute approximate surface area is 324 Å². The fraction of sp³-hybridized carbons (Fsp3) is 0.615. The standard InChI is InChI=1S/C39H51N9O8/c1-20(26(50)14-32-41-7-8-42-32)46-25(24-12-23(56-35(24)54)11-22-17-45-36(40)48-34(22)53)13-29-37(3)6-5-31(52)38(4,18-49)28(37)16-30(39(29)19-55-39)47-21(2)27(51)15-33-43-9-10-44-33/h7,9,11-12,17,20-21,25,28-31,46-47,49,52H,5-6,8,10,13-16,18-19H2,1-4H3,(H3,40,45,48,53)/b23-11+/t20?,21?,25?,28?,29?,30?,31-,37+,38+,39?/m1/s1. The molecule has 1 saturated heterocycles. The van der Waals surface area contributed by atoms with Crippen LogP contribution in [0.1, 0.15) is 71.8 Å². The summed E-state index contributed by atoms with van der Waals surface area (Å²) in [7, 11) is 0. The zero-order valence-electron chi connectivity index (χ0n) is 32.2. The third-order valence-electron chi connectivity index (χ3n) is 13.0. The second-order valence-electron chi connectivity index (χ2n) is 16.4. The van der Waals surface area contributed by atoms with Gasteiger partial charge in [-0.1, -0.05) is 13.8 Å². The van der Waals surface area contributed by atoms with Crippen LogP contribution in [0, 0.1) is 22.7 Å². The molecule has 0 aromatic carbocycles. The molecule has 2 saturated carbocycles. The van der Waals surface area contributed by atoms with E-state index < -0.39 is 52.2 Å². The second kappa shape index (κ2) is 15.4. The molecule has 2 aliphatic carbocycles. The molecule has 5 heterocycles. The smallest absolute Gasteiger partial charge is 0.341 e. The van der Waals surface area contributed by atoms with Crippen LogP contribution in [0.3, 0.4) is 0 Å². The van der Waals surface area contributed by atoms with Gasteiger partial charge in [0, 0.05) is 36.1 Å². The lowest BCUT2D eigenvalue weighted by Crippen LogP contribution is -2.68. The molecule has 10 atom stereocenters. The number of anilines is 1. The van der Waals surface area contributed by atoms with Crippen molar-refractivity contribution in [2.45, 2.75) is 102 Å². The van der Waals surface area contributed by atoms with E-state index in [1.54, 1.807) is 25.4 Å². The number of fused-ring (bicyclic) bond motifs is 1. The third-order valence-corrected chi connectivity index (χ3v) is 13.0. The number of aliphatic hydroxyl groups is 2. The van der Waals surface area contributed by atoms with Gasteiger partial charge in [0.05, 0.1) is 68.5 Å². The van der Waals surface area contributed by atoms with Gasteiger partial charge in [0.2, 0.25) is 0 Å². The van der Waals surface area contributed by atoms with Crippen LogP contribution in [0.25, 0.3) is 6.08 Å². The van der Waals surface area contributed by atoms with Crippen LogP contribution in [0.15, 0.2) is 48.4 Å². The Balaban J connectivity index is 1.25. The molecule has 4 aliphatic heterocycles. The number of ketones is 2. The minimum absolute atomic E-state index is 0.0115. The normalized spacial score (nSPS) is 34.1. The number of nitrogens with one attached hydrogen (secondary N) is 3. The van der Waals surface area contributed by atoms with E-state index >= 15 is 0 Å². The third kappa shape index (κ3) is 7.49. The van der Waals surface area contributed by atoms with Crippen molar-refractivity contribution in [2.75, 3.05) is 32.0 Å². The number of aliphatic imine (C=N–C) groups is 4. The maximum atomic E-state index is 13.8.